The second kappa shape index (κ2) is 3.21. The van der Waals surface area contributed by atoms with Gasteiger partial charge in [0.25, 0.3) is 0 Å². The monoisotopic (exact) mass is 165 g/mol. The SMILES string of the molecule is CN(C)c1ccc[c]c1[N+](=O)[O-]. The summed E-state index contributed by atoms with van der Waals surface area (Å²) in [7, 11) is 3.52. The van der Waals surface area contributed by atoms with Crippen LogP contribution >= 0.6 is 0 Å². The van der Waals surface area contributed by atoms with Crippen LogP contribution in [-0.2, 0) is 0 Å². The van der Waals surface area contributed by atoms with Gasteiger partial charge in [-0.1, -0.05) is 6.07 Å². The summed E-state index contributed by atoms with van der Waals surface area (Å²) in [6, 6.07) is 7.52. The summed E-state index contributed by atoms with van der Waals surface area (Å²) in [5.41, 5.74) is 0.588. The van der Waals surface area contributed by atoms with Crippen molar-refractivity contribution >= 4 is 11.4 Å². The maximum atomic E-state index is 10.5. The Morgan fingerprint density at radius 2 is 2.25 bits per heavy atom. The number of nitro benzene ring substituents is 1. The molecule has 1 radical (unpaired) electrons. The predicted molar refractivity (Wildman–Crippen MR) is 46.3 cm³/mol. The molecule has 0 amide bonds. The van der Waals surface area contributed by atoms with Crippen LogP contribution in [-0.4, -0.2) is 19.0 Å². The van der Waals surface area contributed by atoms with E-state index in [0.29, 0.717) is 5.69 Å². The minimum atomic E-state index is -0.435. The molecule has 1 aromatic carbocycles. The number of rotatable bonds is 2. The fourth-order valence-corrected chi connectivity index (χ4v) is 0.926. The van der Waals surface area contributed by atoms with Crippen LogP contribution in [0.2, 0.25) is 0 Å². The van der Waals surface area contributed by atoms with Gasteiger partial charge in [-0.3, -0.25) is 10.1 Å². The van der Waals surface area contributed by atoms with E-state index >= 15 is 0 Å². The van der Waals surface area contributed by atoms with Crippen molar-refractivity contribution in [1.29, 1.82) is 0 Å². The molecule has 0 saturated carbocycles. The van der Waals surface area contributed by atoms with Gasteiger partial charge in [-0.25, -0.2) is 0 Å². The maximum Gasteiger partial charge on any atom is 0.300 e. The lowest BCUT2D eigenvalue weighted by atomic mass is 10.2. The third kappa shape index (κ3) is 1.53. The molecule has 0 aliphatic rings. The lowest BCUT2D eigenvalue weighted by Gasteiger charge is -2.11. The number of nitrogens with zero attached hydrogens (tertiary/aromatic N) is 2. The highest BCUT2D eigenvalue weighted by atomic mass is 16.6. The average Bonchev–Trinajstić information content (AvgIpc) is 2.04. The number of hydrogen-bond acceptors (Lipinski definition) is 3. The first-order chi connectivity index (χ1) is 5.63. The molecule has 1 rings (SSSR count). The zero-order valence-corrected chi connectivity index (χ0v) is 6.94. The van der Waals surface area contributed by atoms with Crippen molar-refractivity contribution in [2.45, 2.75) is 0 Å². The molecule has 0 heterocycles. The normalized spacial score (nSPS) is 9.50. The molecule has 0 aromatic heterocycles. The Morgan fingerprint density at radius 3 is 2.67 bits per heavy atom. The first kappa shape index (κ1) is 8.52. The molecule has 4 heteroatoms. The van der Waals surface area contributed by atoms with Gasteiger partial charge in [0, 0.05) is 14.1 Å². The number of anilines is 1. The molecule has 0 aliphatic heterocycles. The highest BCUT2D eigenvalue weighted by Gasteiger charge is 2.13. The van der Waals surface area contributed by atoms with E-state index in [1.807, 2.05) is 0 Å². The standard InChI is InChI=1S/C8H9N2O2/c1-9(2)7-5-3-4-6-8(7)10(11)12/h3-5H,1-2H3. The smallest absolute Gasteiger partial charge is 0.300 e. The summed E-state index contributed by atoms with van der Waals surface area (Å²) in [4.78, 5) is 11.7. The molecule has 0 atom stereocenters. The quantitative estimate of drug-likeness (QED) is 0.492. The van der Waals surface area contributed by atoms with Gasteiger partial charge in [-0.15, -0.1) is 0 Å². The minimum Gasteiger partial charge on any atom is -0.372 e. The summed E-state index contributed by atoms with van der Waals surface area (Å²) >= 11 is 0. The molecule has 1 aromatic rings. The Labute approximate surface area is 70.6 Å². The Bertz CT molecular complexity index is 297. The molecule has 0 fully saturated rings. The highest BCUT2D eigenvalue weighted by molar-refractivity contribution is 5.61. The van der Waals surface area contributed by atoms with Gasteiger partial charge in [0.2, 0.25) is 0 Å². The number of benzene rings is 1. The first-order valence-electron chi connectivity index (χ1n) is 3.45. The summed E-state index contributed by atoms with van der Waals surface area (Å²) < 4.78 is 0. The van der Waals surface area contributed by atoms with Gasteiger partial charge in [-0.2, -0.15) is 0 Å². The van der Waals surface area contributed by atoms with Crippen LogP contribution in [0, 0.1) is 16.2 Å². The van der Waals surface area contributed by atoms with Crippen molar-refractivity contribution in [2.75, 3.05) is 19.0 Å². The molecule has 0 saturated heterocycles. The second-order valence-electron chi connectivity index (χ2n) is 2.56. The van der Waals surface area contributed by atoms with Crippen LogP contribution in [0.5, 0.6) is 0 Å². The van der Waals surface area contributed by atoms with Gasteiger partial charge >= 0.3 is 5.69 Å². The molecular weight excluding hydrogens is 156 g/mol. The van der Waals surface area contributed by atoms with Gasteiger partial charge in [-0.05, 0) is 12.1 Å². The van der Waals surface area contributed by atoms with Gasteiger partial charge in [0.15, 0.2) is 0 Å². The first-order valence-corrected chi connectivity index (χ1v) is 3.45. The van der Waals surface area contributed by atoms with Crippen molar-refractivity contribution in [3.63, 3.8) is 0 Å². The van der Waals surface area contributed by atoms with E-state index in [4.69, 9.17) is 0 Å². The highest BCUT2D eigenvalue weighted by Crippen LogP contribution is 2.24. The van der Waals surface area contributed by atoms with Crippen LogP contribution in [0.3, 0.4) is 0 Å². The Hall–Kier alpha value is -1.58. The van der Waals surface area contributed by atoms with Crippen molar-refractivity contribution in [3.05, 3.63) is 34.4 Å². The third-order valence-electron chi connectivity index (χ3n) is 1.48. The largest absolute Gasteiger partial charge is 0.372 e. The van der Waals surface area contributed by atoms with E-state index < -0.39 is 4.92 Å². The zero-order valence-electron chi connectivity index (χ0n) is 6.94. The minimum absolute atomic E-state index is 0.0162. The maximum absolute atomic E-state index is 10.5. The molecule has 0 bridgehead atoms. The summed E-state index contributed by atoms with van der Waals surface area (Å²) in [6.45, 7) is 0. The molecule has 4 nitrogen and oxygen atoms in total. The van der Waals surface area contributed by atoms with E-state index in [2.05, 4.69) is 6.07 Å². The van der Waals surface area contributed by atoms with E-state index in [-0.39, 0.29) is 5.69 Å². The van der Waals surface area contributed by atoms with Crippen LogP contribution < -0.4 is 4.90 Å². The molecule has 12 heavy (non-hydrogen) atoms. The topological polar surface area (TPSA) is 46.4 Å². The van der Waals surface area contributed by atoms with Crippen LogP contribution in [0.4, 0.5) is 11.4 Å². The molecule has 0 spiro atoms. The van der Waals surface area contributed by atoms with Crippen molar-refractivity contribution < 1.29 is 4.92 Å². The van der Waals surface area contributed by atoms with Crippen molar-refractivity contribution in [3.8, 4) is 0 Å². The van der Waals surface area contributed by atoms with Gasteiger partial charge < -0.3 is 4.90 Å². The lowest BCUT2D eigenvalue weighted by molar-refractivity contribution is -0.384. The van der Waals surface area contributed by atoms with E-state index in [0.717, 1.165) is 0 Å². The molecule has 0 unspecified atom stereocenters. The Morgan fingerprint density at radius 1 is 1.58 bits per heavy atom. The molecular formula is C8H9N2O2. The van der Waals surface area contributed by atoms with E-state index in [9.17, 15) is 10.1 Å². The van der Waals surface area contributed by atoms with Gasteiger partial charge in [0.05, 0.1) is 11.0 Å². The zero-order chi connectivity index (χ0) is 9.14. The Kier molecular flexibility index (Phi) is 2.28. The molecule has 63 valence electrons. The average molecular weight is 165 g/mol. The molecule has 0 aliphatic carbocycles. The summed E-state index contributed by atoms with van der Waals surface area (Å²) in [6.07, 6.45) is 0. The van der Waals surface area contributed by atoms with Crippen LogP contribution in [0.15, 0.2) is 18.2 Å². The molecule has 0 N–H and O–H groups in total. The number of hydrogen-bond donors (Lipinski definition) is 0. The summed E-state index contributed by atoms with van der Waals surface area (Å²) in [5.74, 6) is 0. The van der Waals surface area contributed by atoms with Crippen molar-refractivity contribution in [2.24, 2.45) is 0 Å². The fourth-order valence-electron chi connectivity index (χ4n) is 0.926. The third-order valence-corrected chi connectivity index (χ3v) is 1.48. The lowest BCUT2D eigenvalue weighted by Crippen LogP contribution is -2.10. The fraction of sp³-hybridized carbons (Fsp3) is 0.250. The van der Waals surface area contributed by atoms with E-state index in [1.54, 1.807) is 31.1 Å². The van der Waals surface area contributed by atoms with Crippen LogP contribution in [0.25, 0.3) is 0 Å². The summed E-state index contributed by atoms with van der Waals surface area (Å²) in [5, 5.41) is 10.5. The predicted octanol–water partition coefficient (Wildman–Crippen LogP) is 1.46. The van der Waals surface area contributed by atoms with Gasteiger partial charge in [0.1, 0.15) is 5.69 Å². The second-order valence-corrected chi connectivity index (χ2v) is 2.56. The van der Waals surface area contributed by atoms with Crippen LogP contribution in [0.1, 0.15) is 0 Å². The van der Waals surface area contributed by atoms with E-state index in [1.165, 1.54) is 6.07 Å². The number of para-hydroxylation sites is 1. The van der Waals surface area contributed by atoms with Crippen molar-refractivity contribution in [1.82, 2.24) is 0 Å². The number of nitro groups is 1. The Balaban J connectivity index is 3.17.